The van der Waals surface area contributed by atoms with Gasteiger partial charge in [-0.25, -0.2) is 0 Å². The molecule has 3 atom stereocenters. The normalized spacial score (nSPS) is 23.4. The van der Waals surface area contributed by atoms with Gasteiger partial charge in [0, 0.05) is 6.42 Å². The fourth-order valence-corrected chi connectivity index (χ4v) is 3.42. The third-order valence-electron chi connectivity index (χ3n) is 5.20. The molecule has 1 aromatic rings. The summed E-state index contributed by atoms with van der Waals surface area (Å²) in [5, 5.41) is 20.6. The van der Waals surface area contributed by atoms with Crippen molar-refractivity contribution in [2.24, 2.45) is 0 Å². The number of furan rings is 1. The molecule has 0 aromatic carbocycles. The van der Waals surface area contributed by atoms with Crippen molar-refractivity contribution in [1.82, 2.24) is 0 Å². The summed E-state index contributed by atoms with van der Waals surface area (Å²) in [4.78, 5) is 11.3. The van der Waals surface area contributed by atoms with Crippen LogP contribution in [0.2, 0.25) is 0 Å². The summed E-state index contributed by atoms with van der Waals surface area (Å²) in [7, 11) is 0. The van der Waals surface area contributed by atoms with E-state index in [0.717, 1.165) is 24.0 Å². The first-order chi connectivity index (χ1) is 12.8. The van der Waals surface area contributed by atoms with E-state index >= 15 is 0 Å². The molecule has 2 heterocycles. The van der Waals surface area contributed by atoms with Gasteiger partial charge in [0.1, 0.15) is 5.60 Å². The van der Waals surface area contributed by atoms with E-state index in [9.17, 15) is 15.0 Å². The van der Waals surface area contributed by atoms with Crippen molar-refractivity contribution in [3.63, 3.8) is 0 Å². The standard InChI is InChI=1S/C22H32O5/c1-16(5-4-6-18-10-12-26-15-18)13-19(23)14-17(2)7-8-20(24)22(3)11-9-21(25)27-22/h5,10,12,14-15,19-20,23-24H,4,6-9,11,13H2,1-3H3/t19-,20-,22+/m1/s1. The van der Waals surface area contributed by atoms with Gasteiger partial charge in [-0.1, -0.05) is 23.3 Å². The molecule has 1 aromatic heterocycles. The Morgan fingerprint density at radius 1 is 1.33 bits per heavy atom. The maximum absolute atomic E-state index is 11.3. The van der Waals surface area contributed by atoms with Gasteiger partial charge >= 0.3 is 5.97 Å². The molecular formula is C22H32O5. The van der Waals surface area contributed by atoms with Crippen molar-refractivity contribution in [3.8, 4) is 0 Å². The van der Waals surface area contributed by atoms with Crippen LogP contribution in [0.5, 0.6) is 0 Å². The second kappa shape index (κ2) is 9.90. The Kier molecular flexibility index (Phi) is 7.87. The summed E-state index contributed by atoms with van der Waals surface area (Å²) in [6, 6.07) is 1.96. The summed E-state index contributed by atoms with van der Waals surface area (Å²) >= 11 is 0. The van der Waals surface area contributed by atoms with Gasteiger partial charge < -0.3 is 19.4 Å². The predicted molar refractivity (Wildman–Crippen MR) is 104 cm³/mol. The Morgan fingerprint density at radius 3 is 2.74 bits per heavy atom. The van der Waals surface area contributed by atoms with Crippen LogP contribution < -0.4 is 0 Å². The number of carbonyl (C=O) groups excluding carboxylic acids is 1. The van der Waals surface area contributed by atoms with Gasteiger partial charge in [0.25, 0.3) is 0 Å². The van der Waals surface area contributed by atoms with Crippen LogP contribution in [0.25, 0.3) is 0 Å². The van der Waals surface area contributed by atoms with E-state index in [4.69, 9.17) is 9.15 Å². The molecule has 5 nitrogen and oxygen atoms in total. The Morgan fingerprint density at radius 2 is 2.11 bits per heavy atom. The lowest BCUT2D eigenvalue weighted by Gasteiger charge is -2.28. The van der Waals surface area contributed by atoms with Crippen LogP contribution >= 0.6 is 0 Å². The van der Waals surface area contributed by atoms with Gasteiger partial charge in [0.05, 0.1) is 24.7 Å². The molecule has 150 valence electrons. The van der Waals surface area contributed by atoms with Gasteiger partial charge in [0.2, 0.25) is 0 Å². The van der Waals surface area contributed by atoms with Gasteiger partial charge in [-0.15, -0.1) is 0 Å². The Labute approximate surface area is 161 Å². The molecule has 2 N–H and O–H groups in total. The zero-order valence-corrected chi connectivity index (χ0v) is 16.6. The van der Waals surface area contributed by atoms with Gasteiger partial charge in [0.15, 0.2) is 0 Å². The SMILES string of the molecule is CC(=C[C@H](O)CC(C)=CCCc1ccoc1)CC[C@@H](O)[C@]1(C)CCC(=O)O1. The quantitative estimate of drug-likeness (QED) is 0.475. The van der Waals surface area contributed by atoms with Crippen molar-refractivity contribution in [1.29, 1.82) is 0 Å². The molecule has 0 saturated carbocycles. The van der Waals surface area contributed by atoms with Crippen LogP contribution in [0.4, 0.5) is 0 Å². The first-order valence-corrected chi connectivity index (χ1v) is 9.70. The van der Waals surface area contributed by atoms with E-state index in [1.807, 2.05) is 26.0 Å². The number of aliphatic hydroxyl groups excluding tert-OH is 2. The largest absolute Gasteiger partial charge is 0.472 e. The van der Waals surface area contributed by atoms with Crippen LogP contribution in [0.3, 0.4) is 0 Å². The molecule has 0 aliphatic carbocycles. The molecule has 0 bridgehead atoms. The number of aliphatic hydroxyl groups is 2. The minimum atomic E-state index is -0.774. The lowest BCUT2D eigenvalue weighted by molar-refractivity contribution is -0.156. The summed E-state index contributed by atoms with van der Waals surface area (Å²) < 4.78 is 10.3. The lowest BCUT2D eigenvalue weighted by atomic mass is 9.91. The minimum Gasteiger partial charge on any atom is -0.472 e. The Bertz CT molecular complexity index is 658. The molecule has 0 spiro atoms. The highest BCUT2D eigenvalue weighted by Gasteiger charge is 2.41. The van der Waals surface area contributed by atoms with Crippen LogP contribution in [-0.4, -0.2) is 34.0 Å². The van der Waals surface area contributed by atoms with Gasteiger partial charge in [-0.3, -0.25) is 4.79 Å². The van der Waals surface area contributed by atoms with Crippen LogP contribution in [0, 0.1) is 0 Å². The van der Waals surface area contributed by atoms with E-state index in [1.54, 1.807) is 19.5 Å². The fourth-order valence-electron chi connectivity index (χ4n) is 3.42. The molecule has 0 amide bonds. The third-order valence-corrected chi connectivity index (χ3v) is 5.20. The van der Waals surface area contributed by atoms with Crippen LogP contribution in [-0.2, 0) is 16.0 Å². The Balaban J connectivity index is 1.73. The van der Waals surface area contributed by atoms with Crippen molar-refractivity contribution < 1.29 is 24.2 Å². The Hall–Kier alpha value is -1.85. The zero-order valence-electron chi connectivity index (χ0n) is 16.6. The summed E-state index contributed by atoms with van der Waals surface area (Å²) in [5.74, 6) is -0.241. The molecule has 1 fully saturated rings. The monoisotopic (exact) mass is 376 g/mol. The smallest absolute Gasteiger partial charge is 0.306 e. The first kappa shape index (κ1) is 21.5. The molecule has 27 heavy (non-hydrogen) atoms. The molecule has 1 aliphatic rings. The average molecular weight is 376 g/mol. The number of carbonyl (C=O) groups is 1. The van der Waals surface area contributed by atoms with E-state index in [2.05, 4.69) is 6.08 Å². The maximum Gasteiger partial charge on any atom is 0.306 e. The molecule has 5 heteroatoms. The number of aryl methyl sites for hydroxylation is 1. The number of esters is 1. The first-order valence-electron chi connectivity index (χ1n) is 9.70. The summed E-state index contributed by atoms with van der Waals surface area (Å²) in [6.45, 7) is 5.77. The topological polar surface area (TPSA) is 79.9 Å². The van der Waals surface area contributed by atoms with E-state index < -0.39 is 17.8 Å². The number of hydrogen-bond donors (Lipinski definition) is 2. The summed E-state index contributed by atoms with van der Waals surface area (Å²) in [5.41, 5.74) is 2.58. The molecule has 1 aliphatic heterocycles. The number of allylic oxidation sites excluding steroid dienone is 2. The lowest BCUT2D eigenvalue weighted by Crippen LogP contribution is -2.39. The van der Waals surface area contributed by atoms with E-state index in [-0.39, 0.29) is 5.97 Å². The second-order valence-corrected chi connectivity index (χ2v) is 7.85. The van der Waals surface area contributed by atoms with Crippen LogP contribution in [0.1, 0.15) is 64.9 Å². The third kappa shape index (κ3) is 7.00. The molecule has 2 rings (SSSR count). The number of rotatable bonds is 10. The average Bonchev–Trinajstić information content (AvgIpc) is 3.22. The predicted octanol–water partition coefficient (Wildman–Crippen LogP) is 4.09. The van der Waals surface area contributed by atoms with Crippen molar-refractivity contribution in [3.05, 3.63) is 47.5 Å². The van der Waals surface area contributed by atoms with Gasteiger partial charge in [-0.2, -0.15) is 0 Å². The highest BCUT2D eigenvalue weighted by atomic mass is 16.6. The fraction of sp³-hybridized carbons (Fsp3) is 0.591. The van der Waals surface area contributed by atoms with Crippen molar-refractivity contribution >= 4 is 5.97 Å². The molecule has 1 saturated heterocycles. The second-order valence-electron chi connectivity index (χ2n) is 7.85. The minimum absolute atomic E-state index is 0.241. The molecule has 0 unspecified atom stereocenters. The van der Waals surface area contributed by atoms with Crippen LogP contribution in [0.15, 0.2) is 46.3 Å². The van der Waals surface area contributed by atoms with Crippen molar-refractivity contribution in [2.75, 3.05) is 0 Å². The molecule has 0 radical (unpaired) electrons. The van der Waals surface area contributed by atoms with Gasteiger partial charge in [-0.05, 0) is 70.9 Å². The van der Waals surface area contributed by atoms with E-state index in [0.29, 0.717) is 32.1 Å². The summed E-state index contributed by atoms with van der Waals surface area (Å²) in [6.07, 6.45) is 10.8. The molecular weight excluding hydrogens is 344 g/mol. The van der Waals surface area contributed by atoms with Crippen molar-refractivity contribution in [2.45, 2.75) is 83.5 Å². The van der Waals surface area contributed by atoms with E-state index in [1.165, 1.54) is 5.56 Å². The zero-order chi connectivity index (χ0) is 19.9. The number of ether oxygens (including phenoxy) is 1. The highest BCUT2D eigenvalue weighted by Crippen LogP contribution is 2.32. The number of hydrogen-bond acceptors (Lipinski definition) is 5. The maximum atomic E-state index is 11.3. The number of cyclic esters (lactones) is 1. The highest BCUT2D eigenvalue weighted by molar-refractivity contribution is 5.72.